The molecule has 96 valence electrons. The highest BCUT2D eigenvalue weighted by Gasteiger charge is 2.12. The topological polar surface area (TPSA) is 12.0 Å². The van der Waals surface area contributed by atoms with Crippen molar-refractivity contribution >= 4 is 27.7 Å². The van der Waals surface area contributed by atoms with Crippen molar-refractivity contribution in [2.24, 2.45) is 0 Å². The normalized spacial score (nSPS) is 14.6. The molecule has 1 nitrogen and oxygen atoms in total. The first-order valence-corrected chi connectivity index (χ1v) is 7.95. The highest BCUT2D eigenvalue weighted by molar-refractivity contribution is 9.10. The van der Waals surface area contributed by atoms with Gasteiger partial charge in [-0.2, -0.15) is 0 Å². The van der Waals surface area contributed by atoms with E-state index in [0.29, 0.717) is 11.3 Å². The van der Waals surface area contributed by atoms with Gasteiger partial charge >= 0.3 is 0 Å². The highest BCUT2D eigenvalue weighted by Crippen LogP contribution is 2.33. The maximum atomic E-state index is 3.56. The average molecular weight is 316 g/mol. The minimum atomic E-state index is 0.407. The number of nitrogens with one attached hydrogen (secondary N) is 1. The minimum absolute atomic E-state index is 0.407. The SMILES string of the molecule is CCNC(C)c1cc(Br)ccc1SC(C)CC. The van der Waals surface area contributed by atoms with Gasteiger partial charge in [0.2, 0.25) is 0 Å². The first-order valence-electron chi connectivity index (χ1n) is 6.27. The Kier molecular flexibility index (Phi) is 6.60. The zero-order chi connectivity index (χ0) is 12.8. The number of benzene rings is 1. The summed E-state index contributed by atoms with van der Waals surface area (Å²) >= 11 is 5.53. The van der Waals surface area contributed by atoms with Crippen molar-refractivity contribution < 1.29 is 0 Å². The number of rotatable bonds is 6. The Balaban J connectivity index is 2.94. The Labute approximate surface area is 118 Å². The summed E-state index contributed by atoms with van der Waals surface area (Å²) in [5.74, 6) is 0. The molecule has 0 aromatic heterocycles. The van der Waals surface area contributed by atoms with Gasteiger partial charge in [0, 0.05) is 20.7 Å². The van der Waals surface area contributed by atoms with Crippen molar-refractivity contribution in [2.45, 2.75) is 50.3 Å². The molecule has 3 heteroatoms. The third-order valence-corrected chi connectivity index (χ3v) is 4.71. The first kappa shape index (κ1) is 15.1. The van der Waals surface area contributed by atoms with Gasteiger partial charge in [-0.25, -0.2) is 0 Å². The molecule has 0 aliphatic heterocycles. The lowest BCUT2D eigenvalue weighted by Gasteiger charge is -2.19. The zero-order valence-electron chi connectivity index (χ0n) is 11.1. The molecule has 1 rings (SSSR count). The van der Waals surface area contributed by atoms with Crippen molar-refractivity contribution in [3.63, 3.8) is 0 Å². The lowest BCUT2D eigenvalue weighted by Crippen LogP contribution is -2.18. The smallest absolute Gasteiger partial charge is 0.0303 e. The van der Waals surface area contributed by atoms with Crippen molar-refractivity contribution in [1.29, 1.82) is 0 Å². The molecule has 0 saturated carbocycles. The van der Waals surface area contributed by atoms with Crippen LogP contribution in [0.1, 0.15) is 45.7 Å². The lowest BCUT2D eigenvalue weighted by molar-refractivity contribution is 0.589. The highest BCUT2D eigenvalue weighted by atomic mass is 79.9. The second-order valence-corrected chi connectivity index (χ2v) is 6.69. The van der Waals surface area contributed by atoms with Crippen LogP contribution in [0.5, 0.6) is 0 Å². The van der Waals surface area contributed by atoms with Crippen molar-refractivity contribution in [3.8, 4) is 0 Å². The summed E-state index contributed by atoms with van der Waals surface area (Å²) in [6, 6.07) is 7.00. The van der Waals surface area contributed by atoms with Gasteiger partial charge in [-0.15, -0.1) is 11.8 Å². The van der Waals surface area contributed by atoms with E-state index in [1.165, 1.54) is 16.9 Å². The molecule has 2 unspecified atom stereocenters. The molecule has 2 atom stereocenters. The van der Waals surface area contributed by atoms with E-state index in [2.05, 4.69) is 67.1 Å². The molecule has 1 N–H and O–H groups in total. The average Bonchev–Trinajstić information content (AvgIpc) is 2.31. The van der Waals surface area contributed by atoms with E-state index in [0.717, 1.165) is 11.0 Å². The van der Waals surface area contributed by atoms with E-state index in [4.69, 9.17) is 0 Å². The van der Waals surface area contributed by atoms with Crippen LogP contribution in [0.4, 0.5) is 0 Å². The fourth-order valence-electron chi connectivity index (χ4n) is 1.68. The van der Waals surface area contributed by atoms with E-state index < -0.39 is 0 Å². The molecule has 0 amide bonds. The summed E-state index contributed by atoms with van der Waals surface area (Å²) in [4.78, 5) is 1.40. The van der Waals surface area contributed by atoms with Crippen LogP contribution in [0, 0.1) is 0 Å². The summed E-state index contributed by atoms with van der Waals surface area (Å²) in [6.07, 6.45) is 1.20. The third kappa shape index (κ3) is 4.65. The van der Waals surface area contributed by atoms with Gasteiger partial charge in [-0.05, 0) is 43.7 Å². The van der Waals surface area contributed by atoms with Crippen LogP contribution < -0.4 is 5.32 Å². The minimum Gasteiger partial charge on any atom is -0.310 e. The second kappa shape index (κ2) is 7.45. The van der Waals surface area contributed by atoms with E-state index in [-0.39, 0.29) is 0 Å². The standard InChI is InChI=1S/C14H22BrNS/c1-5-10(3)17-14-8-7-12(15)9-13(14)11(4)16-6-2/h7-11,16H,5-6H2,1-4H3. The van der Waals surface area contributed by atoms with E-state index in [1.807, 2.05) is 11.8 Å². The van der Waals surface area contributed by atoms with Crippen LogP contribution in [-0.4, -0.2) is 11.8 Å². The molecular weight excluding hydrogens is 294 g/mol. The van der Waals surface area contributed by atoms with E-state index in [1.54, 1.807) is 0 Å². The Morgan fingerprint density at radius 1 is 1.29 bits per heavy atom. The summed E-state index contributed by atoms with van der Waals surface area (Å²) in [7, 11) is 0. The molecule has 0 radical (unpaired) electrons. The third-order valence-electron chi connectivity index (χ3n) is 2.85. The molecule has 17 heavy (non-hydrogen) atoms. The summed E-state index contributed by atoms with van der Waals surface area (Å²) in [5.41, 5.74) is 1.39. The first-order chi connectivity index (χ1) is 8.08. The fraction of sp³-hybridized carbons (Fsp3) is 0.571. The predicted octanol–water partition coefficient (Wildman–Crippen LogP) is 5.01. The van der Waals surface area contributed by atoms with Crippen LogP contribution in [0.25, 0.3) is 0 Å². The maximum Gasteiger partial charge on any atom is 0.0303 e. The Bertz CT molecular complexity index is 354. The van der Waals surface area contributed by atoms with E-state index >= 15 is 0 Å². The van der Waals surface area contributed by atoms with Gasteiger partial charge in [0.15, 0.2) is 0 Å². The monoisotopic (exact) mass is 315 g/mol. The fourth-order valence-corrected chi connectivity index (χ4v) is 3.18. The molecule has 1 aromatic carbocycles. The molecule has 0 aliphatic rings. The Morgan fingerprint density at radius 2 is 2.00 bits per heavy atom. The zero-order valence-corrected chi connectivity index (χ0v) is 13.5. The molecule has 1 aromatic rings. The van der Waals surface area contributed by atoms with Gasteiger partial charge in [0.25, 0.3) is 0 Å². The van der Waals surface area contributed by atoms with Crippen LogP contribution in [0.3, 0.4) is 0 Å². The number of hydrogen-bond acceptors (Lipinski definition) is 2. The molecular formula is C14H22BrNS. The van der Waals surface area contributed by atoms with Crippen LogP contribution >= 0.6 is 27.7 Å². The molecule has 0 bridgehead atoms. The van der Waals surface area contributed by atoms with Gasteiger partial charge in [0.05, 0.1) is 0 Å². The summed E-state index contributed by atoms with van der Waals surface area (Å²) in [6.45, 7) is 9.90. The molecule has 0 heterocycles. The van der Waals surface area contributed by atoms with Gasteiger partial charge in [0.1, 0.15) is 0 Å². The van der Waals surface area contributed by atoms with E-state index in [9.17, 15) is 0 Å². The number of thioether (sulfide) groups is 1. The van der Waals surface area contributed by atoms with Crippen molar-refractivity contribution in [1.82, 2.24) is 5.32 Å². The van der Waals surface area contributed by atoms with Crippen LogP contribution in [0.2, 0.25) is 0 Å². The van der Waals surface area contributed by atoms with Gasteiger partial charge < -0.3 is 5.32 Å². The maximum absolute atomic E-state index is 3.56. The van der Waals surface area contributed by atoms with Crippen LogP contribution in [0.15, 0.2) is 27.6 Å². The molecule has 0 saturated heterocycles. The number of halogens is 1. The molecule has 0 aliphatic carbocycles. The van der Waals surface area contributed by atoms with Gasteiger partial charge in [-0.3, -0.25) is 0 Å². The summed E-state index contributed by atoms with van der Waals surface area (Å²) in [5, 5.41) is 4.16. The quantitative estimate of drug-likeness (QED) is 0.740. The molecule has 0 spiro atoms. The van der Waals surface area contributed by atoms with Crippen LogP contribution in [-0.2, 0) is 0 Å². The Morgan fingerprint density at radius 3 is 2.59 bits per heavy atom. The Hall–Kier alpha value is 0.01000. The van der Waals surface area contributed by atoms with Crippen molar-refractivity contribution in [3.05, 3.63) is 28.2 Å². The molecule has 0 fully saturated rings. The largest absolute Gasteiger partial charge is 0.310 e. The van der Waals surface area contributed by atoms with Crippen molar-refractivity contribution in [2.75, 3.05) is 6.54 Å². The lowest BCUT2D eigenvalue weighted by atomic mass is 10.1. The predicted molar refractivity (Wildman–Crippen MR) is 81.8 cm³/mol. The second-order valence-electron chi connectivity index (χ2n) is 4.30. The number of hydrogen-bond donors (Lipinski definition) is 1. The summed E-state index contributed by atoms with van der Waals surface area (Å²) < 4.78 is 1.16. The van der Waals surface area contributed by atoms with Gasteiger partial charge in [-0.1, -0.05) is 36.7 Å².